The SMILES string of the molecule is COCCN(CC(=O)Nc1ccccc1OC(C)C)C(C)=O. The maximum Gasteiger partial charge on any atom is 0.244 e. The summed E-state index contributed by atoms with van der Waals surface area (Å²) < 4.78 is 10.6. The fraction of sp³-hybridized carbons (Fsp3) is 0.500. The van der Waals surface area contributed by atoms with Gasteiger partial charge in [0.1, 0.15) is 5.75 Å². The Morgan fingerprint density at radius 3 is 2.55 bits per heavy atom. The smallest absolute Gasteiger partial charge is 0.244 e. The molecule has 1 aromatic carbocycles. The third kappa shape index (κ3) is 6.13. The minimum Gasteiger partial charge on any atom is -0.489 e. The number of carbonyl (C=O) groups excluding carboxylic acids is 2. The quantitative estimate of drug-likeness (QED) is 0.796. The van der Waals surface area contributed by atoms with E-state index in [9.17, 15) is 9.59 Å². The first-order chi connectivity index (χ1) is 10.4. The van der Waals surface area contributed by atoms with Crippen molar-refractivity contribution in [2.75, 3.05) is 32.1 Å². The molecule has 0 saturated heterocycles. The van der Waals surface area contributed by atoms with Crippen LogP contribution in [0.1, 0.15) is 20.8 Å². The molecule has 0 aliphatic rings. The number of rotatable bonds is 8. The van der Waals surface area contributed by atoms with E-state index in [-0.39, 0.29) is 24.5 Å². The summed E-state index contributed by atoms with van der Waals surface area (Å²) in [5.74, 6) is 0.169. The molecule has 122 valence electrons. The van der Waals surface area contributed by atoms with Gasteiger partial charge in [-0.2, -0.15) is 0 Å². The van der Waals surface area contributed by atoms with Crippen LogP contribution >= 0.6 is 0 Å². The summed E-state index contributed by atoms with van der Waals surface area (Å²) in [6.45, 7) is 6.01. The molecule has 22 heavy (non-hydrogen) atoms. The Labute approximate surface area is 131 Å². The van der Waals surface area contributed by atoms with Crippen molar-refractivity contribution in [1.82, 2.24) is 4.90 Å². The van der Waals surface area contributed by atoms with E-state index in [1.54, 1.807) is 19.2 Å². The number of methoxy groups -OCH3 is 1. The first-order valence-corrected chi connectivity index (χ1v) is 7.24. The number of benzene rings is 1. The average molecular weight is 308 g/mol. The summed E-state index contributed by atoms with van der Waals surface area (Å²) in [5.41, 5.74) is 0.594. The number of carbonyl (C=O) groups is 2. The highest BCUT2D eigenvalue weighted by molar-refractivity contribution is 5.95. The Hall–Kier alpha value is -2.08. The van der Waals surface area contributed by atoms with Crippen molar-refractivity contribution in [1.29, 1.82) is 0 Å². The zero-order chi connectivity index (χ0) is 16.5. The molecule has 1 rings (SSSR count). The summed E-state index contributed by atoms with van der Waals surface area (Å²) in [6.07, 6.45) is 0.00785. The van der Waals surface area contributed by atoms with Gasteiger partial charge < -0.3 is 19.7 Å². The molecule has 0 heterocycles. The summed E-state index contributed by atoms with van der Waals surface area (Å²) in [4.78, 5) is 25.1. The first kappa shape index (κ1) is 18.0. The molecule has 6 nitrogen and oxygen atoms in total. The lowest BCUT2D eigenvalue weighted by molar-refractivity contribution is -0.133. The van der Waals surface area contributed by atoms with Gasteiger partial charge >= 0.3 is 0 Å². The molecule has 0 spiro atoms. The second-order valence-electron chi connectivity index (χ2n) is 5.14. The maximum absolute atomic E-state index is 12.1. The van der Waals surface area contributed by atoms with E-state index in [0.29, 0.717) is 24.6 Å². The molecule has 6 heteroatoms. The van der Waals surface area contributed by atoms with Crippen molar-refractivity contribution in [2.24, 2.45) is 0 Å². The lowest BCUT2D eigenvalue weighted by Crippen LogP contribution is -2.38. The van der Waals surface area contributed by atoms with Crippen molar-refractivity contribution in [3.8, 4) is 5.75 Å². The number of nitrogens with one attached hydrogen (secondary N) is 1. The first-order valence-electron chi connectivity index (χ1n) is 7.24. The molecule has 0 fully saturated rings. The number of hydrogen-bond donors (Lipinski definition) is 1. The van der Waals surface area contributed by atoms with E-state index < -0.39 is 0 Å². The zero-order valence-corrected chi connectivity index (χ0v) is 13.6. The molecule has 1 N–H and O–H groups in total. The number of anilines is 1. The third-order valence-corrected chi connectivity index (χ3v) is 2.87. The molecule has 0 atom stereocenters. The number of nitrogens with zero attached hydrogens (tertiary/aromatic N) is 1. The Kier molecular flexibility index (Phi) is 7.39. The number of hydrogen-bond acceptors (Lipinski definition) is 4. The van der Waals surface area contributed by atoms with Crippen LogP contribution in [-0.2, 0) is 14.3 Å². The van der Waals surface area contributed by atoms with Gasteiger partial charge in [-0.05, 0) is 26.0 Å². The van der Waals surface area contributed by atoms with Crippen molar-refractivity contribution in [3.05, 3.63) is 24.3 Å². The standard InChI is InChI=1S/C16H24N2O4/c1-12(2)22-15-8-6-5-7-14(15)17-16(20)11-18(13(3)19)9-10-21-4/h5-8,12H,9-11H2,1-4H3,(H,17,20). The van der Waals surface area contributed by atoms with E-state index in [1.807, 2.05) is 26.0 Å². The second-order valence-corrected chi connectivity index (χ2v) is 5.14. The topological polar surface area (TPSA) is 67.9 Å². The fourth-order valence-electron chi connectivity index (χ4n) is 1.84. The Morgan fingerprint density at radius 2 is 1.95 bits per heavy atom. The van der Waals surface area contributed by atoms with Gasteiger partial charge in [-0.15, -0.1) is 0 Å². The zero-order valence-electron chi connectivity index (χ0n) is 13.6. The molecule has 0 aliphatic heterocycles. The highest BCUT2D eigenvalue weighted by Gasteiger charge is 2.15. The van der Waals surface area contributed by atoms with E-state index in [0.717, 1.165) is 0 Å². The van der Waals surface area contributed by atoms with Gasteiger partial charge in [0.05, 0.1) is 24.9 Å². The molecular formula is C16H24N2O4. The predicted molar refractivity (Wildman–Crippen MR) is 85.0 cm³/mol. The van der Waals surface area contributed by atoms with E-state index in [4.69, 9.17) is 9.47 Å². The van der Waals surface area contributed by atoms with Gasteiger partial charge in [-0.3, -0.25) is 9.59 Å². The molecule has 0 unspecified atom stereocenters. The lowest BCUT2D eigenvalue weighted by Gasteiger charge is -2.21. The molecule has 2 amide bonds. The Morgan fingerprint density at radius 1 is 1.27 bits per heavy atom. The highest BCUT2D eigenvalue weighted by Crippen LogP contribution is 2.24. The number of para-hydroxylation sites is 2. The van der Waals surface area contributed by atoms with E-state index in [1.165, 1.54) is 11.8 Å². The van der Waals surface area contributed by atoms with Gasteiger partial charge in [0, 0.05) is 20.6 Å². The van der Waals surface area contributed by atoms with Crippen molar-refractivity contribution < 1.29 is 19.1 Å². The van der Waals surface area contributed by atoms with Crippen LogP contribution in [-0.4, -0.2) is 49.6 Å². The minimum atomic E-state index is -0.272. The van der Waals surface area contributed by atoms with Crippen LogP contribution in [0.15, 0.2) is 24.3 Å². The van der Waals surface area contributed by atoms with Crippen molar-refractivity contribution in [2.45, 2.75) is 26.9 Å². The van der Waals surface area contributed by atoms with Crippen LogP contribution in [0, 0.1) is 0 Å². The van der Waals surface area contributed by atoms with Gasteiger partial charge in [0.25, 0.3) is 0 Å². The minimum absolute atomic E-state index is 0.00785. The van der Waals surface area contributed by atoms with Gasteiger partial charge in [-0.25, -0.2) is 0 Å². The van der Waals surface area contributed by atoms with Gasteiger partial charge in [0.2, 0.25) is 11.8 Å². The Bertz CT molecular complexity index is 503. The largest absolute Gasteiger partial charge is 0.489 e. The normalized spacial score (nSPS) is 10.4. The van der Waals surface area contributed by atoms with E-state index in [2.05, 4.69) is 5.32 Å². The molecule has 0 aromatic heterocycles. The summed E-state index contributed by atoms with van der Waals surface area (Å²) in [6, 6.07) is 7.22. The van der Waals surface area contributed by atoms with Crippen LogP contribution in [0.2, 0.25) is 0 Å². The summed E-state index contributed by atoms with van der Waals surface area (Å²) in [7, 11) is 1.55. The average Bonchev–Trinajstić information content (AvgIpc) is 2.44. The molecule has 1 aromatic rings. The van der Waals surface area contributed by atoms with Crippen LogP contribution in [0.25, 0.3) is 0 Å². The molecule has 0 bridgehead atoms. The van der Waals surface area contributed by atoms with Crippen molar-refractivity contribution >= 4 is 17.5 Å². The summed E-state index contributed by atoms with van der Waals surface area (Å²) in [5, 5.41) is 2.78. The molecule has 0 aliphatic carbocycles. The summed E-state index contributed by atoms with van der Waals surface area (Å²) >= 11 is 0. The van der Waals surface area contributed by atoms with Crippen molar-refractivity contribution in [3.63, 3.8) is 0 Å². The number of amides is 2. The van der Waals surface area contributed by atoms with Crippen LogP contribution < -0.4 is 10.1 Å². The lowest BCUT2D eigenvalue weighted by atomic mass is 10.3. The predicted octanol–water partition coefficient (Wildman–Crippen LogP) is 1.91. The monoisotopic (exact) mass is 308 g/mol. The maximum atomic E-state index is 12.1. The highest BCUT2D eigenvalue weighted by atomic mass is 16.5. The van der Waals surface area contributed by atoms with Crippen LogP contribution in [0.5, 0.6) is 5.75 Å². The number of ether oxygens (including phenoxy) is 2. The van der Waals surface area contributed by atoms with Crippen LogP contribution in [0.4, 0.5) is 5.69 Å². The molecule has 0 saturated carbocycles. The van der Waals surface area contributed by atoms with E-state index >= 15 is 0 Å². The van der Waals surface area contributed by atoms with Gasteiger partial charge in [-0.1, -0.05) is 12.1 Å². The fourth-order valence-corrected chi connectivity index (χ4v) is 1.84. The third-order valence-electron chi connectivity index (χ3n) is 2.87. The van der Waals surface area contributed by atoms with Crippen LogP contribution in [0.3, 0.4) is 0 Å². The second kappa shape index (κ2) is 9.04. The van der Waals surface area contributed by atoms with Gasteiger partial charge in [0.15, 0.2) is 0 Å². The Balaban J connectivity index is 2.69. The molecule has 0 radical (unpaired) electrons. The molecular weight excluding hydrogens is 284 g/mol.